The number of carbonyl (C=O) groups is 3. The quantitative estimate of drug-likeness (QED) is 0.128. The summed E-state index contributed by atoms with van der Waals surface area (Å²) in [5.74, 6) is -0.926. The van der Waals surface area contributed by atoms with Crippen molar-refractivity contribution in [1.82, 2.24) is 5.32 Å². The van der Waals surface area contributed by atoms with Crippen LogP contribution in [0.1, 0.15) is 87.7 Å². The van der Waals surface area contributed by atoms with E-state index in [9.17, 15) is 27.6 Å². The number of benzene rings is 2. The van der Waals surface area contributed by atoms with Gasteiger partial charge < -0.3 is 14.8 Å². The van der Waals surface area contributed by atoms with Crippen molar-refractivity contribution in [3.05, 3.63) is 65.2 Å². The highest BCUT2D eigenvalue weighted by Gasteiger charge is 2.33. The van der Waals surface area contributed by atoms with Crippen molar-refractivity contribution in [1.29, 1.82) is 0 Å². The van der Waals surface area contributed by atoms with E-state index in [0.717, 1.165) is 5.56 Å². The lowest BCUT2D eigenvalue weighted by Crippen LogP contribution is -2.46. The third-order valence-electron chi connectivity index (χ3n) is 5.89. The molecule has 1 N–H and O–H groups in total. The summed E-state index contributed by atoms with van der Waals surface area (Å²) in [6.45, 7) is 9.02. The molecule has 1 atom stereocenters. The van der Waals surface area contributed by atoms with E-state index >= 15 is 0 Å². The van der Waals surface area contributed by atoms with Gasteiger partial charge in [-0.1, -0.05) is 42.0 Å². The molecule has 1 amide bonds. The third kappa shape index (κ3) is 11.9. The summed E-state index contributed by atoms with van der Waals surface area (Å²) in [4.78, 5) is 38.2. The van der Waals surface area contributed by atoms with Crippen LogP contribution in [0.25, 0.3) is 0 Å². The summed E-state index contributed by atoms with van der Waals surface area (Å²) in [6.07, 6.45) is -4.56. The lowest BCUT2D eigenvalue weighted by molar-refractivity contribution is -0.156. The Hall–Kier alpha value is -3.36. The fraction of sp³-hybridized carbons (Fsp3) is 0.500. The standard InChI is InChI=1S/C30H38F3NO5/c1-21-9-11-22(12-10-21)25(35)20-29(5,34-26(36)19-27(37)39-28(2,3)4)23-13-15-24(16-14-23)38-18-8-6-7-17-30(31,32)33/h9-16H,6-8,17-20H2,1-5H3,(H,34,36)/t29-/m0/s1. The van der Waals surface area contributed by atoms with Gasteiger partial charge in [-0.15, -0.1) is 0 Å². The number of nitrogens with one attached hydrogen (secondary N) is 1. The molecule has 6 nitrogen and oxygen atoms in total. The Morgan fingerprint density at radius 1 is 0.846 bits per heavy atom. The summed E-state index contributed by atoms with van der Waals surface area (Å²) in [5.41, 5.74) is 0.251. The van der Waals surface area contributed by atoms with Crippen LogP contribution in [0, 0.1) is 6.92 Å². The van der Waals surface area contributed by atoms with Gasteiger partial charge in [-0.2, -0.15) is 13.2 Å². The van der Waals surface area contributed by atoms with Gasteiger partial charge in [-0.05, 0) is 71.6 Å². The number of hydrogen-bond donors (Lipinski definition) is 1. The maximum Gasteiger partial charge on any atom is 0.389 e. The molecule has 214 valence electrons. The van der Waals surface area contributed by atoms with Crippen molar-refractivity contribution in [2.24, 2.45) is 0 Å². The van der Waals surface area contributed by atoms with Crippen molar-refractivity contribution in [3.63, 3.8) is 0 Å². The molecule has 2 rings (SSSR count). The van der Waals surface area contributed by atoms with Crippen molar-refractivity contribution in [3.8, 4) is 5.75 Å². The molecule has 0 saturated carbocycles. The highest BCUT2D eigenvalue weighted by Crippen LogP contribution is 2.29. The Bertz CT molecular complexity index is 1110. The van der Waals surface area contributed by atoms with Crippen LogP contribution in [0.4, 0.5) is 13.2 Å². The SMILES string of the molecule is Cc1ccc(C(=O)C[C@](C)(NC(=O)CC(=O)OC(C)(C)C)c2ccc(OCCCCCC(F)(F)F)cc2)cc1. The summed E-state index contributed by atoms with van der Waals surface area (Å²) in [7, 11) is 0. The smallest absolute Gasteiger partial charge is 0.389 e. The number of alkyl halides is 3. The number of halogens is 3. The zero-order valence-electron chi connectivity index (χ0n) is 23.2. The highest BCUT2D eigenvalue weighted by molar-refractivity contribution is 5.98. The first-order valence-electron chi connectivity index (χ1n) is 13.0. The molecular formula is C30H38F3NO5. The van der Waals surface area contributed by atoms with Crippen LogP contribution in [0.5, 0.6) is 5.75 Å². The largest absolute Gasteiger partial charge is 0.494 e. The van der Waals surface area contributed by atoms with E-state index in [0.29, 0.717) is 29.7 Å². The lowest BCUT2D eigenvalue weighted by atomic mass is 9.85. The number of aryl methyl sites for hydroxylation is 1. The number of amides is 1. The summed E-state index contributed by atoms with van der Waals surface area (Å²) < 4.78 is 47.7. The first-order valence-corrected chi connectivity index (χ1v) is 13.0. The number of Topliss-reactive ketones (excluding diaryl/α,β-unsaturated/α-hetero) is 1. The van der Waals surface area contributed by atoms with E-state index < -0.39 is 42.0 Å². The topological polar surface area (TPSA) is 81.7 Å². The van der Waals surface area contributed by atoms with Crippen molar-refractivity contribution in [2.75, 3.05) is 6.61 Å². The minimum absolute atomic E-state index is 0.0577. The van der Waals surface area contributed by atoms with Crippen LogP contribution in [-0.4, -0.2) is 36.0 Å². The first-order chi connectivity index (χ1) is 18.1. The molecule has 0 fully saturated rings. The van der Waals surface area contributed by atoms with Crippen LogP contribution in [-0.2, 0) is 19.9 Å². The molecule has 0 spiro atoms. The minimum atomic E-state index is -4.15. The van der Waals surface area contributed by atoms with E-state index in [-0.39, 0.29) is 25.2 Å². The minimum Gasteiger partial charge on any atom is -0.494 e. The number of unbranched alkanes of at least 4 members (excludes halogenated alkanes) is 2. The first kappa shape index (κ1) is 31.9. The van der Waals surface area contributed by atoms with E-state index in [4.69, 9.17) is 9.47 Å². The maximum absolute atomic E-state index is 13.2. The molecule has 0 aliphatic rings. The molecule has 0 heterocycles. The number of ether oxygens (including phenoxy) is 2. The van der Waals surface area contributed by atoms with Crippen molar-refractivity contribution < 1.29 is 37.0 Å². The van der Waals surface area contributed by atoms with Crippen LogP contribution in [0.3, 0.4) is 0 Å². The Morgan fingerprint density at radius 3 is 2.03 bits per heavy atom. The summed E-state index contributed by atoms with van der Waals surface area (Å²) in [6, 6.07) is 13.9. The molecule has 0 unspecified atom stereocenters. The molecule has 39 heavy (non-hydrogen) atoms. The normalized spacial score (nSPS) is 13.3. The van der Waals surface area contributed by atoms with Gasteiger partial charge in [0.05, 0.1) is 12.1 Å². The molecule has 2 aromatic carbocycles. The zero-order valence-corrected chi connectivity index (χ0v) is 23.2. The molecule has 0 bridgehead atoms. The Kier molecular flexibility index (Phi) is 11.1. The van der Waals surface area contributed by atoms with Gasteiger partial charge >= 0.3 is 12.1 Å². The van der Waals surface area contributed by atoms with E-state index in [2.05, 4.69) is 5.32 Å². The average molecular weight is 550 g/mol. The van der Waals surface area contributed by atoms with Gasteiger partial charge in [-0.3, -0.25) is 14.4 Å². The number of ketones is 1. The molecule has 0 radical (unpaired) electrons. The number of rotatable bonds is 13. The average Bonchev–Trinajstić information content (AvgIpc) is 2.79. The molecule has 0 aromatic heterocycles. The predicted molar refractivity (Wildman–Crippen MR) is 143 cm³/mol. The molecule has 2 aromatic rings. The van der Waals surface area contributed by atoms with Gasteiger partial charge in [-0.25, -0.2) is 0 Å². The van der Waals surface area contributed by atoms with E-state index in [1.807, 2.05) is 19.1 Å². The number of carbonyl (C=O) groups excluding carboxylic acids is 3. The molecule has 0 saturated heterocycles. The van der Waals surface area contributed by atoms with Crippen LogP contribution in [0.15, 0.2) is 48.5 Å². The maximum atomic E-state index is 13.2. The second-order valence-electron chi connectivity index (χ2n) is 10.9. The molecular weight excluding hydrogens is 511 g/mol. The fourth-order valence-corrected chi connectivity index (χ4v) is 3.95. The van der Waals surface area contributed by atoms with Crippen LogP contribution in [0.2, 0.25) is 0 Å². The van der Waals surface area contributed by atoms with E-state index in [1.54, 1.807) is 64.1 Å². The third-order valence-corrected chi connectivity index (χ3v) is 5.89. The highest BCUT2D eigenvalue weighted by atomic mass is 19.4. The summed E-state index contributed by atoms with van der Waals surface area (Å²) in [5, 5.41) is 2.84. The van der Waals surface area contributed by atoms with Crippen molar-refractivity contribution in [2.45, 2.75) is 90.5 Å². The lowest BCUT2D eigenvalue weighted by Gasteiger charge is -2.31. The Balaban J connectivity index is 2.12. The number of hydrogen-bond acceptors (Lipinski definition) is 5. The second-order valence-corrected chi connectivity index (χ2v) is 10.9. The van der Waals surface area contributed by atoms with Crippen molar-refractivity contribution >= 4 is 17.7 Å². The second kappa shape index (κ2) is 13.6. The molecule has 0 aliphatic carbocycles. The predicted octanol–water partition coefficient (Wildman–Crippen LogP) is 6.83. The number of esters is 1. The van der Waals surface area contributed by atoms with Gasteiger partial charge in [0.1, 0.15) is 17.8 Å². The molecule has 0 aliphatic heterocycles. The zero-order chi connectivity index (χ0) is 29.3. The van der Waals surface area contributed by atoms with Crippen LogP contribution < -0.4 is 10.1 Å². The van der Waals surface area contributed by atoms with Gasteiger partial charge in [0.25, 0.3) is 0 Å². The summed E-state index contributed by atoms with van der Waals surface area (Å²) >= 11 is 0. The Morgan fingerprint density at radius 2 is 1.46 bits per heavy atom. The molecule has 9 heteroatoms. The van der Waals surface area contributed by atoms with Crippen LogP contribution >= 0.6 is 0 Å². The fourth-order valence-electron chi connectivity index (χ4n) is 3.95. The monoisotopic (exact) mass is 549 g/mol. The van der Waals surface area contributed by atoms with Gasteiger partial charge in [0, 0.05) is 18.4 Å². The van der Waals surface area contributed by atoms with E-state index in [1.165, 1.54) is 0 Å². The Labute approximate surface area is 228 Å². The van der Waals surface area contributed by atoms with Gasteiger partial charge in [0.15, 0.2) is 5.78 Å². The van der Waals surface area contributed by atoms with Gasteiger partial charge in [0.2, 0.25) is 5.91 Å².